The number of sulfonamides is 1. The summed E-state index contributed by atoms with van der Waals surface area (Å²) in [6.07, 6.45) is 1.07. The van der Waals surface area contributed by atoms with Crippen LogP contribution in [0.25, 0.3) is 0 Å². The van der Waals surface area contributed by atoms with Gasteiger partial charge in [-0.25, -0.2) is 8.42 Å². The molecular formula is C15H19N3O3S. The van der Waals surface area contributed by atoms with Gasteiger partial charge < -0.3 is 4.90 Å². The van der Waals surface area contributed by atoms with E-state index in [1.807, 2.05) is 6.07 Å². The standard InChI is InChI=1S/C15H19N3O3S/c1-17(2)15(19)13-7-9-18(10-8-13)22(20,21)14-5-3-12(11-16)4-6-14/h3-6,13H,7-10H2,1-2H3. The van der Waals surface area contributed by atoms with Gasteiger partial charge in [-0.1, -0.05) is 0 Å². The maximum Gasteiger partial charge on any atom is 0.243 e. The maximum absolute atomic E-state index is 12.5. The van der Waals surface area contributed by atoms with E-state index in [9.17, 15) is 13.2 Å². The highest BCUT2D eigenvalue weighted by atomic mass is 32.2. The lowest BCUT2D eigenvalue weighted by atomic mass is 9.97. The number of hydrogen-bond donors (Lipinski definition) is 0. The summed E-state index contributed by atoms with van der Waals surface area (Å²) < 4.78 is 26.5. The molecule has 1 aliphatic rings. The molecule has 7 heteroatoms. The number of benzene rings is 1. The van der Waals surface area contributed by atoms with Crippen LogP contribution in [0.4, 0.5) is 0 Å². The average Bonchev–Trinajstić information content (AvgIpc) is 2.54. The molecular weight excluding hydrogens is 302 g/mol. The molecule has 1 amide bonds. The van der Waals surface area contributed by atoms with E-state index in [-0.39, 0.29) is 16.7 Å². The van der Waals surface area contributed by atoms with E-state index in [0.717, 1.165) is 0 Å². The predicted octanol–water partition coefficient (Wildman–Crippen LogP) is 1.05. The molecule has 0 N–H and O–H groups in total. The highest BCUT2D eigenvalue weighted by Gasteiger charge is 2.32. The summed E-state index contributed by atoms with van der Waals surface area (Å²) in [5, 5.41) is 8.76. The zero-order valence-electron chi connectivity index (χ0n) is 12.7. The highest BCUT2D eigenvalue weighted by Crippen LogP contribution is 2.24. The van der Waals surface area contributed by atoms with Gasteiger partial charge in [-0.2, -0.15) is 9.57 Å². The van der Waals surface area contributed by atoms with Gasteiger partial charge in [-0.3, -0.25) is 4.79 Å². The van der Waals surface area contributed by atoms with Gasteiger partial charge in [0.05, 0.1) is 16.5 Å². The molecule has 0 aliphatic carbocycles. The molecule has 0 atom stereocenters. The smallest absolute Gasteiger partial charge is 0.243 e. The van der Waals surface area contributed by atoms with Gasteiger partial charge in [0.15, 0.2) is 0 Å². The number of nitriles is 1. The second-order valence-electron chi connectivity index (χ2n) is 5.55. The lowest BCUT2D eigenvalue weighted by Gasteiger charge is -2.31. The Hall–Kier alpha value is -1.91. The average molecular weight is 321 g/mol. The maximum atomic E-state index is 12.5. The fraction of sp³-hybridized carbons (Fsp3) is 0.467. The largest absolute Gasteiger partial charge is 0.349 e. The van der Waals surface area contributed by atoms with E-state index >= 15 is 0 Å². The molecule has 0 spiro atoms. The number of piperidine rings is 1. The van der Waals surface area contributed by atoms with Crippen LogP contribution in [0, 0.1) is 17.2 Å². The van der Waals surface area contributed by atoms with Crippen LogP contribution < -0.4 is 0 Å². The summed E-state index contributed by atoms with van der Waals surface area (Å²) >= 11 is 0. The number of rotatable bonds is 3. The number of nitrogens with zero attached hydrogens (tertiary/aromatic N) is 3. The zero-order chi connectivity index (χ0) is 16.3. The molecule has 0 bridgehead atoms. The molecule has 0 unspecified atom stereocenters. The van der Waals surface area contributed by atoms with E-state index in [1.165, 1.54) is 28.6 Å². The van der Waals surface area contributed by atoms with Crippen molar-refractivity contribution in [1.82, 2.24) is 9.21 Å². The van der Waals surface area contributed by atoms with Gasteiger partial charge in [0.1, 0.15) is 0 Å². The first-order valence-electron chi connectivity index (χ1n) is 7.07. The van der Waals surface area contributed by atoms with Crippen LogP contribution in [-0.2, 0) is 14.8 Å². The first-order valence-corrected chi connectivity index (χ1v) is 8.51. The summed E-state index contributed by atoms with van der Waals surface area (Å²) in [6, 6.07) is 7.85. The van der Waals surface area contributed by atoms with Crippen molar-refractivity contribution in [2.75, 3.05) is 27.2 Å². The Bertz CT molecular complexity index is 682. The Kier molecular flexibility index (Phi) is 4.84. The van der Waals surface area contributed by atoms with Gasteiger partial charge >= 0.3 is 0 Å². The van der Waals surface area contributed by atoms with Gasteiger partial charge in [-0.05, 0) is 37.1 Å². The Labute approximate surface area is 131 Å². The first-order chi connectivity index (χ1) is 10.4. The van der Waals surface area contributed by atoms with Crippen molar-refractivity contribution in [3.63, 3.8) is 0 Å². The summed E-state index contributed by atoms with van der Waals surface area (Å²) in [5.41, 5.74) is 0.425. The molecule has 0 saturated carbocycles. The minimum Gasteiger partial charge on any atom is -0.349 e. The van der Waals surface area contributed by atoms with Crippen molar-refractivity contribution in [1.29, 1.82) is 5.26 Å². The molecule has 1 heterocycles. The van der Waals surface area contributed by atoms with Crippen molar-refractivity contribution >= 4 is 15.9 Å². The van der Waals surface area contributed by atoms with E-state index in [0.29, 0.717) is 31.5 Å². The molecule has 1 fully saturated rings. The van der Waals surface area contributed by atoms with Crippen molar-refractivity contribution in [2.24, 2.45) is 5.92 Å². The van der Waals surface area contributed by atoms with Crippen LogP contribution >= 0.6 is 0 Å². The Balaban J connectivity index is 2.09. The van der Waals surface area contributed by atoms with Crippen LogP contribution in [0.2, 0.25) is 0 Å². The van der Waals surface area contributed by atoms with Crippen LogP contribution in [0.3, 0.4) is 0 Å². The molecule has 0 radical (unpaired) electrons. The van der Waals surface area contributed by atoms with Crippen molar-refractivity contribution in [3.05, 3.63) is 29.8 Å². The minimum atomic E-state index is -3.56. The van der Waals surface area contributed by atoms with Crippen LogP contribution in [0.15, 0.2) is 29.2 Å². The quantitative estimate of drug-likeness (QED) is 0.833. The van der Waals surface area contributed by atoms with E-state index < -0.39 is 10.0 Å². The second-order valence-corrected chi connectivity index (χ2v) is 7.49. The van der Waals surface area contributed by atoms with Crippen molar-refractivity contribution in [3.8, 4) is 6.07 Å². The number of carbonyl (C=O) groups is 1. The Morgan fingerprint density at radius 2 is 1.77 bits per heavy atom. The van der Waals surface area contributed by atoms with E-state index in [1.54, 1.807) is 19.0 Å². The SMILES string of the molecule is CN(C)C(=O)C1CCN(S(=O)(=O)c2ccc(C#N)cc2)CC1. The number of amides is 1. The normalized spacial score (nSPS) is 17.0. The van der Waals surface area contributed by atoms with Gasteiger partial charge in [0, 0.05) is 33.1 Å². The summed E-state index contributed by atoms with van der Waals surface area (Å²) in [4.78, 5) is 13.7. The van der Waals surface area contributed by atoms with Crippen LogP contribution in [0.1, 0.15) is 18.4 Å². The van der Waals surface area contributed by atoms with Crippen molar-refractivity contribution < 1.29 is 13.2 Å². The predicted molar refractivity (Wildman–Crippen MR) is 81.3 cm³/mol. The fourth-order valence-electron chi connectivity index (χ4n) is 2.56. The lowest BCUT2D eigenvalue weighted by Crippen LogP contribution is -2.42. The first kappa shape index (κ1) is 16.5. The summed E-state index contributed by atoms with van der Waals surface area (Å²) in [5.74, 6) is -0.0576. The molecule has 1 saturated heterocycles. The molecule has 118 valence electrons. The lowest BCUT2D eigenvalue weighted by molar-refractivity contribution is -0.134. The second kappa shape index (κ2) is 6.46. The third kappa shape index (κ3) is 3.29. The molecule has 2 rings (SSSR count). The van der Waals surface area contributed by atoms with E-state index in [2.05, 4.69) is 0 Å². The molecule has 1 aromatic rings. The van der Waals surface area contributed by atoms with Crippen molar-refractivity contribution in [2.45, 2.75) is 17.7 Å². The summed E-state index contributed by atoms with van der Waals surface area (Å²) in [6.45, 7) is 0.680. The third-order valence-electron chi connectivity index (χ3n) is 3.87. The Morgan fingerprint density at radius 1 is 1.23 bits per heavy atom. The fourth-order valence-corrected chi connectivity index (χ4v) is 4.03. The van der Waals surface area contributed by atoms with Gasteiger partial charge in [0.2, 0.25) is 15.9 Å². The Morgan fingerprint density at radius 3 is 2.23 bits per heavy atom. The summed E-state index contributed by atoms with van der Waals surface area (Å²) in [7, 11) is -0.136. The van der Waals surface area contributed by atoms with Gasteiger partial charge in [0.25, 0.3) is 0 Å². The highest BCUT2D eigenvalue weighted by molar-refractivity contribution is 7.89. The van der Waals surface area contributed by atoms with Crippen LogP contribution in [0.5, 0.6) is 0 Å². The molecule has 1 aliphatic heterocycles. The van der Waals surface area contributed by atoms with Gasteiger partial charge in [-0.15, -0.1) is 0 Å². The monoisotopic (exact) mass is 321 g/mol. The number of hydrogen-bond acceptors (Lipinski definition) is 4. The third-order valence-corrected chi connectivity index (χ3v) is 5.78. The molecule has 22 heavy (non-hydrogen) atoms. The molecule has 0 aromatic heterocycles. The minimum absolute atomic E-state index is 0.0513. The number of carbonyl (C=O) groups excluding carboxylic acids is 1. The molecule has 6 nitrogen and oxygen atoms in total. The van der Waals surface area contributed by atoms with E-state index in [4.69, 9.17) is 5.26 Å². The molecule has 1 aromatic carbocycles. The van der Waals surface area contributed by atoms with Crippen LogP contribution in [-0.4, -0.2) is 50.7 Å². The topological polar surface area (TPSA) is 81.5 Å². The zero-order valence-corrected chi connectivity index (χ0v) is 13.5.